The molecule has 13 heavy (non-hydrogen) atoms. The lowest BCUT2D eigenvalue weighted by molar-refractivity contribution is 0.115. The molecule has 2 aromatic heterocycles. The maximum absolute atomic E-state index is 10.8. The summed E-state index contributed by atoms with van der Waals surface area (Å²) >= 11 is 0. The molecule has 0 radical (unpaired) electrons. The first kappa shape index (κ1) is 7.93. The second-order valence-corrected chi connectivity index (χ2v) is 2.71. The van der Waals surface area contributed by atoms with Crippen molar-refractivity contribution < 1.29 is 5.11 Å². The molecular formula is C7H8N4O2. The molecule has 0 saturated carbocycles. The van der Waals surface area contributed by atoms with Gasteiger partial charge in [-0.3, -0.25) is 4.79 Å². The fraction of sp³-hybridized carbons (Fsp3) is 0.286. The SMILES string of the molecule is C[C@H](O)n1ncc2[nH]c(=O)cnc21. The number of H-pyrrole nitrogens is 1. The molecular weight excluding hydrogens is 172 g/mol. The predicted octanol–water partition coefficient (Wildman–Crippen LogP) is -0.370. The standard InChI is InChI=1S/C7H8N4O2/c1-4(12)11-7-5(2-9-11)10-6(13)3-8-7/h2-4,12H,1H3,(H,10,13)/t4-/m0/s1. The summed E-state index contributed by atoms with van der Waals surface area (Å²) in [4.78, 5) is 17.3. The van der Waals surface area contributed by atoms with E-state index in [0.717, 1.165) is 6.20 Å². The van der Waals surface area contributed by atoms with Gasteiger partial charge in [0.05, 0.1) is 12.4 Å². The van der Waals surface area contributed by atoms with E-state index in [0.29, 0.717) is 11.2 Å². The monoisotopic (exact) mass is 180 g/mol. The summed E-state index contributed by atoms with van der Waals surface area (Å²) in [5.74, 6) is 0. The quantitative estimate of drug-likeness (QED) is 0.627. The third kappa shape index (κ3) is 1.20. The Balaban J connectivity index is 2.76. The van der Waals surface area contributed by atoms with Gasteiger partial charge in [0, 0.05) is 0 Å². The summed E-state index contributed by atoms with van der Waals surface area (Å²) in [7, 11) is 0. The molecule has 6 nitrogen and oxygen atoms in total. The third-order valence-electron chi connectivity index (χ3n) is 1.69. The first-order valence-electron chi connectivity index (χ1n) is 3.79. The van der Waals surface area contributed by atoms with Crippen molar-refractivity contribution in [3.05, 3.63) is 22.7 Å². The van der Waals surface area contributed by atoms with Crippen LogP contribution in [-0.2, 0) is 0 Å². The Morgan fingerprint density at radius 3 is 3.08 bits per heavy atom. The van der Waals surface area contributed by atoms with Crippen molar-refractivity contribution in [3.8, 4) is 0 Å². The molecule has 0 aliphatic carbocycles. The Morgan fingerprint density at radius 1 is 1.62 bits per heavy atom. The van der Waals surface area contributed by atoms with Gasteiger partial charge in [0.15, 0.2) is 5.65 Å². The second kappa shape index (κ2) is 2.67. The van der Waals surface area contributed by atoms with Crippen molar-refractivity contribution in [2.75, 3.05) is 0 Å². The number of aromatic amines is 1. The number of fused-ring (bicyclic) bond motifs is 1. The number of rotatable bonds is 1. The third-order valence-corrected chi connectivity index (χ3v) is 1.69. The highest BCUT2D eigenvalue weighted by Crippen LogP contribution is 2.09. The molecule has 0 saturated heterocycles. The second-order valence-electron chi connectivity index (χ2n) is 2.71. The molecule has 2 N–H and O–H groups in total. The van der Waals surface area contributed by atoms with Gasteiger partial charge in [0.1, 0.15) is 11.7 Å². The number of nitrogens with one attached hydrogen (secondary N) is 1. The van der Waals surface area contributed by atoms with E-state index < -0.39 is 6.23 Å². The predicted molar refractivity (Wildman–Crippen MR) is 45.1 cm³/mol. The van der Waals surface area contributed by atoms with Gasteiger partial charge in [-0.05, 0) is 6.92 Å². The van der Waals surface area contributed by atoms with Crippen molar-refractivity contribution in [1.82, 2.24) is 19.7 Å². The van der Waals surface area contributed by atoms with Crippen LogP contribution in [0.4, 0.5) is 0 Å². The topological polar surface area (TPSA) is 83.8 Å². The van der Waals surface area contributed by atoms with Crippen LogP contribution in [0.25, 0.3) is 11.2 Å². The largest absolute Gasteiger partial charge is 0.372 e. The Kier molecular flexibility index (Phi) is 1.63. The van der Waals surface area contributed by atoms with Crippen LogP contribution in [0.5, 0.6) is 0 Å². The van der Waals surface area contributed by atoms with Crippen LogP contribution in [0.3, 0.4) is 0 Å². The van der Waals surface area contributed by atoms with Crippen molar-refractivity contribution in [3.63, 3.8) is 0 Å². The van der Waals surface area contributed by atoms with Crippen molar-refractivity contribution in [1.29, 1.82) is 0 Å². The van der Waals surface area contributed by atoms with Crippen LogP contribution in [-0.4, -0.2) is 24.9 Å². The molecule has 2 heterocycles. The zero-order valence-electron chi connectivity index (χ0n) is 6.93. The first-order chi connectivity index (χ1) is 6.18. The highest BCUT2D eigenvalue weighted by atomic mass is 16.3. The first-order valence-corrected chi connectivity index (χ1v) is 3.79. The Bertz CT molecular complexity index is 484. The van der Waals surface area contributed by atoms with E-state index in [-0.39, 0.29) is 5.56 Å². The minimum absolute atomic E-state index is 0.280. The lowest BCUT2D eigenvalue weighted by atomic mass is 10.5. The van der Waals surface area contributed by atoms with Crippen molar-refractivity contribution in [2.24, 2.45) is 0 Å². The molecule has 6 heteroatoms. The average Bonchev–Trinajstić information content (AvgIpc) is 2.46. The number of aliphatic hydroxyl groups is 1. The molecule has 0 fully saturated rings. The summed E-state index contributed by atoms with van der Waals surface area (Å²) < 4.78 is 1.32. The normalized spacial score (nSPS) is 13.4. The van der Waals surface area contributed by atoms with Crippen molar-refractivity contribution >= 4 is 11.2 Å². The Hall–Kier alpha value is -1.69. The van der Waals surface area contributed by atoms with Gasteiger partial charge in [-0.1, -0.05) is 0 Å². The number of nitrogens with zero attached hydrogens (tertiary/aromatic N) is 3. The average molecular weight is 180 g/mol. The molecule has 0 aliphatic heterocycles. The van der Waals surface area contributed by atoms with Crippen LogP contribution in [0.15, 0.2) is 17.2 Å². The Morgan fingerprint density at radius 2 is 2.38 bits per heavy atom. The van der Waals surface area contributed by atoms with E-state index in [4.69, 9.17) is 0 Å². The number of aliphatic hydroxyl groups excluding tert-OH is 1. The minimum atomic E-state index is -0.754. The molecule has 1 atom stereocenters. The molecule has 2 rings (SSSR count). The lowest BCUT2D eigenvalue weighted by Gasteiger charge is -2.03. The molecule has 0 aliphatic rings. The number of hydrogen-bond acceptors (Lipinski definition) is 4. The van der Waals surface area contributed by atoms with Crippen LogP contribution in [0.2, 0.25) is 0 Å². The Labute approximate surface area is 72.8 Å². The van der Waals surface area contributed by atoms with Crippen LogP contribution < -0.4 is 5.56 Å². The van der Waals surface area contributed by atoms with E-state index in [1.807, 2.05) is 0 Å². The van der Waals surface area contributed by atoms with E-state index in [1.165, 1.54) is 10.9 Å². The van der Waals surface area contributed by atoms with Crippen LogP contribution in [0.1, 0.15) is 13.2 Å². The fourth-order valence-corrected chi connectivity index (χ4v) is 1.13. The maximum Gasteiger partial charge on any atom is 0.267 e. The molecule has 0 unspecified atom stereocenters. The molecule has 2 aromatic rings. The van der Waals surface area contributed by atoms with Gasteiger partial charge in [0.2, 0.25) is 0 Å². The maximum atomic E-state index is 10.8. The highest BCUT2D eigenvalue weighted by molar-refractivity contribution is 5.68. The van der Waals surface area contributed by atoms with Crippen molar-refractivity contribution in [2.45, 2.75) is 13.2 Å². The van der Waals surface area contributed by atoms with Crippen LogP contribution >= 0.6 is 0 Å². The lowest BCUT2D eigenvalue weighted by Crippen LogP contribution is -2.09. The van der Waals surface area contributed by atoms with Gasteiger partial charge in [0.25, 0.3) is 5.56 Å². The van der Waals surface area contributed by atoms with E-state index in [9.17, 15) is 9.90 Å². The van der Waals surface area contributed by atoms with Gasteiger partial charge in [-0.2, -0.15) is 5.10 Å². The van der Waals surface area contributed by atoms with Gasteiger partial charge >= 0.3 is 0 Å². The van der Waals surface area contributed by atoms with Gasteiger partial charge in [-0.25, -0.2) is 9.67 Å². The number of aromatic nitrogens is 4. The summed E-state index contributed by atoms with van der Waals surface area (Å²) in [5.41, 5.74) is 0.709. The van der Waals surface area contributed by atoms with Gasteiger partial charge < -0.3 is 10.1 Å². The van der Waals surface area contributed by atoms with Crippen LogP contribution in [0, 0.1) is 0 Å². The van der Waals surface area contributed by atoms with E-state index >= 15 is 0 Å². The summed E-state index contributed by atoms with van der Waals surface area (Å²) in [6, 6.07) is 0. The van der Waals surface area contributed by atoms with E-state index in [2.05, 4.69) is 15.1 Å². The zero-order valence-corrected chi connectivity index (χ0v) is 6.93. The molecule has 0 aromatic carbocycles. The minimum Gasteiger partial charge on any atom is -0.372 e. The number of hydrogen-bond donors (Lipinski definition) is 2. The summed E-state index contributed by atoms with van der Waals surface area (Å²) in [6.45, 7) is 1.57. The highest BCUT2D eigenvalue weighted by Gasteiger charge is 2.07. The summed E-state index contributed by atoms with van der Waals surface area (Å²) in [6.07, 6.45) is 1.86. The zero-order chi connectivity index (χ0) is 9.42. The molecule has 0 bridgehead atoms. The van der Waals surface area contributed by atoms with Gasteiger partial charge in [-0.15, -0.1) is 0 Å². The summed E-state index contributed by atoms with van der Waals surface area (Å²) in [5, 5.41) is 13.1. The molecule has 0 spiro atoms. The smallest absolute Gasteiger partial charge is 0.267 e. The van der Waals surface area contributed by atoms with E-state index in [1.54, 1.807) is 6.92 Å². The molecule has 0 amide bonds. The fourth-order valence-electron chi connectivity index (χ4n) is 1.13. The molecule has 68 valence electrons.